The zero-order valence-corrected chi connectivity index (χ0v) is 44.9. The van der Waals surface area contributed by atoms with E-state index < -0.39 is 24.1 Å². The number of para-hydroxylation sites is 4. The number of hydrogen-bond acceptors (Lipinski definition) is 4. The second-order valence-electron chi connectivity index (χ2n) is 22.5. The minimum atomic E-state index is -2.39. The predicted octanol–water partition coefficient (Wildman–Crippen LogP) is 19.7. The number of rotatable bonds is 11. The molecule has 0 amide bonds. The summed E-state index contributed by atoms with van der Waals surface area (Å²) in [6.07, 6.45) is 1.78. The first-order chi connectivity index (χ1) is 41.1. The molecular formula is C73H66N4O. The smallest absolute Gasteiger partial charge is 0.137 e. The summed E-state index contributed by atoms with van der Waals surface area (Å²) in [7, 11) is 0. The Balaban J connectivity index is 0.970. The van der Waals surface area contributed by atoms with Crippen LogP contribution >= 0.6 is 0 Å². The largest absolute Gasteiger partial charge is 0.457 e. The molecule has 5 heteroatoms. The number of fused-ring (bicyclic) bond motifs is 5. The molecule has 5 nitrogen and oxygen atoms in total. The highest BCUT2D eigenvalue weighted by Gasteiger charge is 2.38. The van der Waals surface area contributed by atoms with Gasteiger partial charge in [-0.05, 0) is 171 Å². The lowest BCUT2D eigenvalue weighted by Gasteiger charge is -2.42. The summed E-state index contributed by atoms with van der Waals surface area (Å²) < 4.78 is 82.9. The molecule has 384 valence electrons. The van der Waals surface area contributed by atoms with Gasteiger partial charge in [0.05, 0.1) is 32.2 Å². The topological polar surface area (TPSA) is 33.5 Å². The minimum absolute atomic E-state index is 0.00894. The van der Waals surface area contributed by atoms with Crippen molar-refractivity contribution in [1.29, 1.82) is 0 Å². The van der Waals surface area contributed by atoms with Gasteiger partial charge in [-0.2, -0.15) is 0 Å². The van der Waals surface area contributed by atoms with E-state index in [0.717, 1.165) is 96.3 Å². The number of ether oxygens (including phenoxy) is 1. The lowest BCUT2D eigenvalue weighted by molar-refractivity contribution is 0.332. The first-order valence-electron chi connectivity index (χ1n) is 31.1. The highest BCUT2D eigenvalue weighted by Crippen LogP contribution is 2.53. The maximum Gasteiger partial charge on any atom is 0.137 e. The molecule has 0 spiro atoms. The number of anilines is 4. The van der Waals surface area contributed by atoms with E-state index in [2.05, 4.69) is 115 Å². The maximum atomic E-state index is 10.3. The molecule has 1 aliphatic carbocycles. The summed E-state index contributed by atoms with van der Waals surface area (Å²) in [4.78, 5) is 9.31. The summed E-state index contributed by atoms with van der Waals surface area (Å²) in [5, 5.41) is 2.05. The second-order valence-corrected chi connectivity index (χ2v) is 22.5. The van der Waals surface area contributed by atoms with Crippen LogP contribution in [0.2, 0.25) is 0 Å². The summed E-state index contributed by atoms with van der Waals surface area (Å²) in [5.74, 6) is 1.58. The first-order valence-corrected chi connectivity index (χ1v) is 27.1. The van der Waals surface area contributed by atoms with Crippen LogP contribution in [-0.2, 0) is 17.2 Å². The fourth-order valence-corrected chi connectivity index (χ4v) is 11.9. The molecule has 3 heterocycles. The van der Waals surface area contributed by atoms with Crippen molar-refractivity contribution in [3.05, 3.63) is 241 Å². The highest BCUT2D eigenvalue weighted by molar-refractivity contribution is 6.09. The van der Waals surface area contributed by atoms with Crippen molar-refractivity contribution in [2.45, 2.75) is 78.4 Å². The van der Waals surface area contributed by atoms with E-state index in [9.17, 15) is 4.11 Å². The first kappa shape index (κ1) is 40.6. The second kappa shape index (κ2) is 19.4. The van der Waals surface area contributed by atoms with E-state index in [4.69, 9.17) is 16.6 Å². The highest BCUT2D eigenvalue weighted by atomic mass is 16.5. The summed E-state index contributed by atoms with van der Waals surface area (Å²) >= 11 is 0. The molecule has 11 aromatic rings. The number of hydrogen-bond donors (Lipinski definition) is 0. The minimum Gasteiger partial charge on any atom is -0.457 e. The third-order valence-electron chi connectivity index (χ3n) is 15.9. The average molecular weight is 1020 g/mol. The lowest BCUT2D eigenvalue weighted by Crippen LogP contribution is -2.33. The summed E-state index contributed by atoms with van der Waals surface area (Å²) in [5.41, 5.74) is 12.6. The standard InChI is InChI=1S/C73H66N4O/c1-48(2)39-50-35-38-74-70(40-50)77-66-28-14-13-25-62(66)63-33-32-58(46-69(63)77)78-57-23-17-22-56(45-57)75-47-76(68-30-16-15-29-67(68)75)71-60(52-31-34-64-65(44-52)73(6,7)37-36-72(64,4)5)26-18-27-61(71)55-42-53(51-20-9-8-10-21-51)41-54(43-55)59-24-12-11-19-49(59)3/h8-35,38,40-46,48H,36-37,39,47H2,1-7H3/i3D3,31D,34D,39D2,44D. The van der Waals surface area contributed by atoms with Crippen LogP contribution in [0.3, 0.4) is 0 Å². The van der Waals surface area contributed by atoms with Gasteiger partial charge in [0.15, 0.2) is 0 Å². The molecule has 9 aromatic carbocycles. The number of nitrogens with zero attached hydrogens (tertiary/aromatic N) is 4. The quantitative estimate of drug-likeness (QED) is 0.129. The zero-order chi connectivity index (χ0) is 60.2. The third kappa shape index (κ3) is 8.81. The van der Waals surface area contributed by atoms with Gasteiger partial charge in [0, 0.05) is 52.8 Å². The molecule has 2 aromatic heterocycles. The molecule has 0 radical (unpaired) electrons. The molecule has 0 unspecified atom stereocenters. The maximum absolute atomic E-state index is 10.3. The van der Waals surface area contributed by atoms with Gasteiger partial charge in [-0.3, -0.25) is 4.57 Å². The Bertz CT molecular complexity index is 4490. The van der Waals surface area contributed by atoms with E-state index in [1.54, 1.807) is 24.4 Å². The van der Waals surface area contributed by atoms with Crippen LogP contribution in [0.25, 0.3) is 72.1 Å². The third-order valence-corrected chi connectivity index (χ3v) is 15.9. The summed E-state index contributed by atoms with van der Waals surface area (Å²) in [6, 6.07) is 64.1. The van der Waals surface area contributed by atoms with E-state index in [1.165, 1.54) is 0 Å². The fourth-order valence-electron chi connectivity index (χ4n) is 11.9. The van der Waals surface area contributed by atoms with Gasteiger partial charge in [0.25, 0.3) is 0 Å². The molecular weight excluding hydrogens is 949 g/mol. The fraction of sp³-hybridized carbons (Fsp3) is 0.192. The Morgan fingerprint density at radius 1 is 0.564 bits per heavy atom. The van der Waals surface area contributed by atoms with Crippen molar-refractivity contribution >= 4 is 44.6 Å². The Labute approximate surface area is 471 Å². The Hall–Kier alpha value is -8.67. The van der Waals surface area contributed by atoms with Gasteiger partial charge in [-0.15, -0.1) is 0 Å². The van der Waals surface area contributed by atoms with Crippen LogP contribution in [0.1, 0.15) is 87.6 Å². The molecule has 0 N–H and O–H groups in total. The van der Waals surface area contributed by atoms with Gasteiger partial charge in [-0.1, -0.05) is 169 Å². The van der Waals surface area contributed by atoms with Gasteiger partial charge in [-0.25, -0.2) is 4.98 Å². The van der Waals surface area contributed by atoms with Crippen LogP contribution in [0.15, 0.2) is 218 Å². The zero-order valence-electron chi connectivity index (χ0n) is 52.9. The summed E-state index contributed by atoms with van der Waals surface area (Å²) in [6.45, 7) is 10.3. The molecule has 13 rings (SSSR count). The van der Waals surface area contributed by atoms with Crippen molar-refractivity contribution in [2.75, 3.05) is 16.5 Å². The van der Waals surface area contributed by atoms with Gasteiger partial charge in [0.2, 0.25) is 0 Å². The van der Waals surface area contributed by atoms with Gasteiger partial charge < -0.3 is 14.5 Å². The van der Waals surface area contributed by atoms with Crippen molar-refractivity contribution in [3.63, 3.8) is 0 Å². The van der Waals surface area contributed by atoms with E-state index >= 15 is 0 Å². The number of aryl methyl sites for hydroxylation is 1. The Morgan fingerprint density at radius 3 is 2.03 bits per heavy atom. The number of benzene rings is 9. The Kier molecular flexibility index (Phi) is 10.1. The van der Waals surface area contributed by atoms with Crippen molar-refractivity contribution in [3.8, 4) is 61.8 Å². The molecule has 0 bridgehead atoms. The van der Waals surface area contributed by atoms with E-state index in [0.29, 0.717) is 46.2 Å². The van der Waals surface area contributed by atoms with Crippen molar-refractivity contribution < 1.29 is 15.7 Å². The Morgan fingerprint density at radius 2 is 1.22 bits per heavy atom. The van der Waals surface area contributed by atoms with Crippen molar-refractivity contribution in [2.24, 2.45) is 5.92 Å². The molecule has 1 aliphatic heterocycles. The van der Waals surface area contributed by atoms with Crippen LogP contribution < -0.4 is 14.5 Å². The van der Waals surface area contributed by atoms with Crippen LogP contribution in [0, 0.1) is 12.8 Å². The normalized spacial score (nSPS) is 16.3. The number of aromatic nitrogens is 2. The van der Waals surface area contributed by atoms with Crippen LogP contribution in [0.5, 0.6) is 11.5 Å². The average Bonchev–Trinajstić information content (AvgIpc) is 1.55. The molecule has 0 fully saturated rings. The van der Waals surface area contributed by atoms with Gasteiger partial charge in [0.1, 0.15) is 24.0 Å². The van der Waals surface area contributed by atoms with Gasteiger partial charge >= 0.3 is 0 Å². The van der Waals surface area contributed by atoms with Crippen molar-refractivity contribution in [1.82, 2.24) is 9.55 Å². The molecule has 2 aliphatic rings. The SMILES string of the molecule is [2H]c1c([2H])c2c(c([2H])c1-c1cccc(-c3cc(-c4ccccc4)cc(-c4ccccc4C([2H])([2H])[2H])c3)c1N1CN(c3cccc(Oc4ccc5c6ccccc6n(-c6cc(C([2H])([2H])C(C)C)ccn6)c5c4)c3)c3ccccc31)C(C)(C)CCC2(C)C. The lowest BCUT2D eigenvalue weighted by atomic mass is 9.63. The molecule has 0 atom stereocenters. The van der Waals surface area contributed by atoms with E-state index in [1.807, 2.05) is 117 Å². The number of pyridine rings is 1. The van der Waals surface area contributed by atoms with Crippen LogP contribution in [0.4, 0.5) is 22.7 Å². The van der Waals surface area contributed by atoms with E-state index in [-0.39, 0.29) is 29.6 Å². The predicted molar refractivity (Wildman–Crippen MR) is 327 cm³/mol. The monoisotopic (exact) mass is 1020 g/mol. The molecule has 78 heavy (non-hydrogen) atoms. The molecule has 0 saturated carbocycles. The van der Waals surface area contributed by atoms with Crippen LogP contribution in [-0.4, -0.2) is 16.2 Å². The molecule has 0 saturated heterocycles.